The number of carboxylic acids is 1. The van der Waals surface area contributed by atoms with Crippen molar-refractivity contribution < 1.29 is 19.5 Å². The lowest BCUT2D eigenvalue weighted by Gasteiger charge is -2.26. The molecule has 1 aromatic heterocycles. The van der Waals surface area contributed by atoms with Gasteiger partial charge in [0.25, 0.3) is 0 Å². The summed E-state index contributed by atoms with van der Waals surface area (Å²) in [4.78, 5) is 36.4. The van der Waals surface area contributed by atoms with Gasteiger partial charge in [0, 0.05) is 18.2 Å². The van der Waals surface area contributed by atoms with Gasteiger partial charge in [0.05, 0.1) is 4.88 Å². The molecule has 142 valence electrons. The minimum atomic E-state index is -1.29. The number of aliphatic carboxylic acids is 1. The van der Waals surface area contributed by atoms with Crippen LogP contribution in [0.15, 0.2) is 66.0 Å². The molecule has 5 nitrogen and oxygen atoms in total. The number of carboxylic acid groups (broad SMARTS) is 1. The maximum absolute atomic E-state index is 12.5. The number of benzene rings is 2. The lowest BCUT2D eigenvalue weighted by atomic mass is 9.76. The zero-order valence-corrected chi connectivity index (χ0v) is 16.2. The number of hydrogen-bond donors (Lipinski definition) is 2. The Morgan fingerprint density at radius 3 is 1.96 bits per heavy atom. The van der Waals surface area contributed by atoms with E-state index in [1.165, 1.54) is 18.3 Å². The highest BCUT2D eigenvalue weighted by Gasteiger charge is 2.37. The van der Waals surface area contributed by atoms with Crippen molar-refractivity contribution in [3.8, 4) is 0 Å². The molecule has 2 aromatic carbocycles. The maximum Gasteiger partial charge on any atom is 0.318 e. The van der Waals surface area contributed by atoms with Crippen LogP contribution in [-0.2, 0) is 15.0 Å². The van der Waals surface area contributed by atoms with Crippen molar-refractivity contribution in [2.45, 2.75) is 19.3 Å². The lowest BCUT2D eigenvalue weighted by Crippen LogP contribution is -2.33. The third kappa shape index (κ3) is 3.73. The summed E-state index contributed by atoms with van der Waals surface area (Å²) < 4.78 is 0. The summed E-state index contributed by atoms with van der Waals surface area (Å²) >= 11 is 1.37. The predicted octanol–water partition coefficient (Wildman–Crippen LogP) is 4.33. The fourth-order valence-corrected chi connectivity index (χ4v) is 3.69. The molecule has 0 bridgehead atoms. The standard InChI is InChI=1S/C22H19NO4S/c1-14(24)23-18-11-9-17(10-12-18)22(2,21(26)27)16-7-5-15(6-8-16)20(25)19-4-3-13-28-19/h3-13H,1-2H3,(H,23,24)(H,26,27). The van der Waals surface area contributed by atoms with Crippen molar-refractivity contribution in [1.82, 2.24) is 0 Å². The third-order valence-corrected chi connectivity index (χ3v) is 5.55. The summed E-state index contributed by atoms with van der Waals surface area (Å²) in [5, 5.41) is 14.5. The largest absolute Gasteiger partial charge is 0.480 e. The van der Waals surface area contributed by atoms with Crippen LogP contribution in [0.25, 0.3) is 0 Å². The molecule has 0 aliphatic rings. The monoisotopic (exact) mass is 393 g/mol. The topological polar surface area (TPSA) is 83.5 Å². The average molecular weight is 393 g/mol. The van der Waals surface area contributed by atoms with Crippen LogP contribution in [0, 0.1) is 0 Å². The SMILES string of the molecule is CC(=O)Nc1ccc(C(C)(C(=O)O)c2ccc(C(=O)c3cccs3)cc2)cc1. The number of carbonyl (C=O) groups excluding carboxylic acids is 2. The molecule has 6 heteroatoms. The Bertz CT molecular complexity index is 1010. The van der Waals surface area contributed by atoms with Gasteiger partial charge in [0.15, 0.2) is 0 Å². The molecule has 1 heterocycles. The number of thiophene rings is 1. The molecule has 1 unspecified atom stereocenters. The second-order valence-corrected chi connectivity index (χ2v) is 7.52. The number of ketones is 1. The van der Waals surface area contributed by atoms with Gasteiger partial charge in [0.1, 0.15) is 5.41 Å². The van der Waals surface area contributed by atoms with E-state index in [9.17, 15) is 19.5 Å². The Morgan fingerprint density at radius 2 is 1.50 bits per heavy atom. The first-order chi connectivity index (χ1) is 13.3. The van der Waals surface area contributed by atoms with Gasteiger partial charge in [-0.05, 0) is 41.6 Å². The molecule has 3 aromatic rings. The van der Waals surface area contributed by atoms with E-state index in [2.05, 4.69) is 5.32 Å². The minimum Gasteiger partial charge on any atom is -0.480 e. The fraction of sp³-hybridized carbons (Fsp3) is 0.136. The average Bonchev–Trinajstić information content (AvgIpc) is 3.21. The van der Waals surface area contributed by atoms with Crippen molar-refractivity contribution in [2.75, 3.05) is 5.32 Å². The molecule has 0 aliphatic carbocycles. The summed E-state index contributed by atoms with van der Waals surface area (Å²) in [6, 6.07) is 17.0. The Labute approximate surface area is 166 Å². The number of carbonyl (C=O) groups is 3. The van der Waals surface area contributed by atoms with Crippen molar-refractivity contribution in [1.29, 1.82) is 0 Å². The van der Waals surface area contributed by atoms with Crippen LogP contribution in [0.5, 0.6) is 0 Å². The normalized spacial score (nSPS) is 12.8. The predicted molar refractivity (Wildman–Crippen MR) is 109 cm³/mol. The summed E-state index contributed by atoms with van der Waals surface area (Å²) in [7, 11) is 0. The first-order valence-electron chi connectivity index (χ1n) is 8.62. The molecule has 0 fully saturated rings. The van der Waals surface area contributed by atoms with Crippen molar-refractivity contribution in [3.05, 3.63) is 87.6 Å². The molecule has 1 amide bonds. The lowest BCUT2D eigenvalue weighted by molar-refractivity contribution is -0.141. The second kappa shape index (κ2) is 7.78. The first kappa shape index (κ1) is 19.5. The van der Waals surface area contributed by atoms with Crippen LogP contribution in [0.3, 0.4) is 0 Å². The highest BCUT2D eigenvalue weighted by atomic mass is 32.1. The Balaban J connectivity index is 1.94. The van der Waals surface area contributed by atoms with Gasteiger partial charge < -0.3 is 10.4 Å². The van der Waals surface area contributed by atoms with E-state index in [0.717, 1.165) is 0 Å². The van der Waals surface area contributed by atoms with Crippen molar-refractivity contribution in [3.63, 3.8) is 0 Å². The smallest absolute Gasteiger partial charge is 0.318 e. The Hall–Kier alpha value is -3.25. The number of anilines is 1. The van der Waals surface area contributed by atoms with E-state index in [4.69, 9.17) is 0 Å². The van der Waals surface area contributed by atoms with Crippen LogP contribution < -0.4 is 5.32 Å². The molecule has 0 aliphatic heterocycles. The zero-order chi connectivity index (χ0) is 20.3. The van der Waals surface area contributed by atoms with Gasteiger partial charge in [0.2, 0.25) is 11.7 Å². The van der Waals surface area contributed by atoms with Gasteiger partial charge in [-0.2, -0.15) is 0 Å². The second-order valence-electron chi connectivity index (χ2n) is 6.57. The van der Waals surface area contributed by atoms with Crippen LogP contribution in [0.1, 0.15) is 40.2 Å². The molecule has 1 atom stereocenters. The van der Waals surface area contributed by atoms with Gasteiger partial charge in [-0.15, -0.1) is 11.3 Å². The Kier molecular flexibility index (Phi) is 5.42. The summed E-state index contributed by atoms with van der Waals surface area (Å²) in [5.41, 5.74) is 0.960. The number of amides is 1. The molecule has 0 saturated carbocycles. The van der Waals surface area contributed by atoms with E-state index < -0.39 is 11.4 Å². The molecule has 0 spiro atoms. The summed E-state index contributed by atoms with van der Waals surface area (Å²) in [5.74, 6) is -1.28. The third-order valence-electron chi connectivity index (χ3n) is 4.68. The Morgan fingerprint density at radius 1 is 0.929 bits per heavy atom. The molecule has 28 heavy (non-hydrogen) atoms. The minimum absolute atomic E-state index is 0.0850. The number of rotatable bonds is 6. The van der Waals surface area contributed by atoms with E-state index in [1.54, 1.807) is 61.5 Å². The quantitative estimate of drug-likeness (QED) is 0.611. The number of nitrogens with one attached hydrogen (secondary N) is 1. The molecular formula is C22H19NO4S. The number of hydrogen-bond acceptors (Lipinski definition) is 4. The van der Waals surface area contributed by atoms with Crippen molar-refractivity contribution >= 4 is 34.7 Å². The van der Waals surface area contributed by atoms with E-state index >= 15 is 0 Å². The molecule has 0 radical (unpaired) electrons. The van der Waals surface area contributed by atoms with E-state index in [1.807, 2.05) is 11.4 Å². The van der Waals surface area contributed by atoms with Crippen LogP contribution in [-0.4, -0.2) is 22.8 Å². The summed E-state index contributed by atoms with van der Waals surface area (Å²) in [6.07, 6.45) is 0. The van der Waals surface area contributed by atoms with E-state index in [-0.39, 0.29) is 11.7 Å². The van der Waals surface area contributed by atoms with Crippen molar-refractivity contribution in [2.24, 2.45) is 0 Å². The zero-order valence-electron chi connectivity index (χ0n) is 15.4. The maximum atomic E-state index is 12.5. The van der Waals surface area contributed by atoms with Gasteiger partial charge in [-0.3, -0.25) is 14.4 Å². The molecular weight excluding hydrogens is 374 g/mol. The van der Waals surface area contributed by atoms with Crippen LogP contribution >= 0.6 is 11.3 Å². The first-order valence-corrected chi connectivity index (χ1v) is 9.50. The van der Waals surface area contributed by atoms with E-state index in [0.29, 0.717) is 27.3 Å². The van der Waals surface area contributed by atoms with Gasteiger partial charge in [-0.25, -0.2) is 0 Å². The van der Waals surface area contributed by atoms with Crippen LogP contribution in [0.4, 0.5) is 5.69 Å². The molecule has 0 saturated heterocycles. The fourth-order valence-electron chi connectivity index (χ4n) is 3.01. The highest BCUT2D eigenvalue weighted by molar-refractivity contribution is 7.12. The molecule has 3 rings (SSSR count). The van der Waals surface area contributed by atoms with Crippen LogP contribution in [0.2, 0.25) is 0 Å². The highest BCUT2D eigenvalue weighted by Crippen LogP contribution is 2.33. The molecule has 2 N–H and O–H groups in total. The van der Waals surface area contributed by atoms with Gasteiger partial charge in [-0.1, -0.05) is 42.5 Å². The van der Waals surface area contributed by atoms with Gasteiger partial charge >= 0.3 is 5.97 Å². The summed E-state index contributed by atoms with van der Waals surface area (Å²) in [6.45, 7) is 3.03.